The van der Waals surface area contributed by atoms with Gasteiger partial charge in [0.1, 0.15) is 29.6 Å². The molecular weight excluding hydrogens is 551 g/mol. The van der Waals surface area contributed by atoms with Gasteiger partial charge in [0, 0.05) is 4.75 Å². The number of aliphatic carboxylic acids is 1. The van der Waals surface area contributed by atoms with Gasteiger partial charge in [-0.05, 0) is 31.5 Å². The summed E-state index contributed by atoms with van der Waals surface area (Å²) in [6.07, 6.45) is 0. The van der Waals surface area contributed by atoms with Gasteiger partial charge >= 0.3 is 35.3 Å². The van der Waals surface area contributed by atoms with Crippen molar-refractivity contribution in [3.8, 4) is 0 Å². The maximum absolute atomic E-state index is 13.4. The number of thioether (sulfide) groups is 1. The zero-order valence-electron chi connectivity index (χ0n) is 21.8. The van der Waals surface area contributed by atoms with Crippen LogP contribution in [0.2, 0.25) is 0 Å². The van der Waals surface area contributed by atoms with Crippen LogP contribution in [0, 0.1) is 0 Å². The number of nitrogens with one attached hydrogen (secondary N) is 2. The molecule has 2 aliphatic heterocycles. The van der Waals surface area contributed by atoms with Gasteiger partial charge in [0.25, 0.3) is 5.56 Å². The molecule has 0 saturated carbocycles. The fraction of sp³-hybridized carbons (Fsp3) is 0.308. The van der Waals surface area contributed by atoms with Crippen LogP contribution in [0.25, 0.3) is 11.0 Å². The number of carbonyl (C=O) groups excluding carboxylic acids is 4. The summed E-state index contributed by atoms with van der Waals surface area (Å²) in [7, 11) is 0. The molecule has 1 aromatic heterocycles. The maximum Gasteiger partial charge on any atom is 1.00 e. The van der Waals surface area contributed by atoms with Gasteiger partial charge in [-0.3, -0.25) is 19.2 Å². The van der Waals surface area contributed by atoms with Gasteiger partial charge < -0.3 is 29.9 Å². The minimum Gasteiger partial charge on any atom is -0.548 e. The fourth-order valence-electron chi connectivity index (χ4n) is 4.91. The number of carboxylic acid groups (broad SMARTS) is 1. The van der Waals surface area contributed by atoms with E-state index in [9.17, 15) is 33.9 Å². The summed E-state index contributed by atoms with van der Waals surface area (Å²) in [6, 6.07) is 10.9. The number of β-lactam (4-membered cyclic amide) rings is 1. The summed E-state index contributed by atoms with van der Waals surface area (Å²) in [4.78, 5) is 77.2. The molecule has 3 amide bonds. The molecule has 40 heavy (non-hydrogen) atoms. The Morgan fingerprint density at radius 2 is 1.70 bits per heavy atom. The van der Waals surface area contributed by atoms with Crippen LogP contribution in [0.1, 0.15) is 25.5 Å². The van der Waals surface area contributed by atoms with Crippen molar-refractivity contribution in [2.24, 2.45) is 0 Å². The van der Waals surface area contributed by atoms with E-state index >= 15 is 0 Å². The third-order valence-corrected chi connectivity index (χ3v) is 8.32. The number of fused-ring (bicyclic) bond motifs is 2. The topological polar surface area (TPSA) is 171 Å². The summed E-state index contributed by atoms with van der Waals surface area (Å²) < 4.78 is 4.93. The maximum atomic E-state index is 13.4. The second-order valence-corrected chi connectivity index (χ2v) is 11.5. The van der Waals surface area contributed by atoms with Gasteiger partial charge in [-0.2, -0.15) is 0 Å². The Morgan fingerprint density at radius 1 is 1.05 bits per heavy atom. The molecule has 0 aliphatic carbocycles. The van der Waals surface area contributed by atoms with Crippen molar-refractivity contribution in [1.82, 2.24) is 20.1 Å². The predicted molar refractivity (Wildman–Crippen MR) is 137 cm³/mol. The first-order valence-electron chi connectivity index (χ1n) is 12.0. The van der Waals surface area contributed by atoms with E-state index in [1.807, 2.05) is 0 Å². The molecule has 2 aliphatic rings. The Hall–Kier alpha value is -3.39. The number of hydrogen-bond donors (Lipinski definition) is 2. The first kappa shape index (κ1) is 29.6. The Kier molecular flexibility index (Phi) is 8.31. The van der Waals surface area contributed by atoms with Crippen molar-refractivity contribution in [2.75, 3.05) is 0 Å². The molecule has 3 heterocycles. The number of benzene rings is 2. The van der Waals surface area contributed by atoms with Crippen LogP contribution >= 0.6 is 11.8 Å². The van der Waals surface area contributed by atoms with Crippen molar-refractivity contribution in [3.63, 3.8) is 0 Å². The van der Waals surface area contributed by atoms with E-state index in [0.29, 0.717) is 10.1 Å². The van der Waals surface area contributed by atoms with E-state index in [1.165, 1.54) is 28.8 Å². The van der Waals surface area contributed by atoms with Crippen molar-refractivity contribution in [3.05, 3.63) is 81.1 Å². The van der Waals surface area contributed by atoms with Crippen molar-refractivity contribution in [2.45, 2.75) is 48.6 Å². The largest absolute Gasteiger partial charge is 1.00 e. The molecule has 202 valence electrons. The number of aromatic nitrogens is 1. The fourth-order valence-corrected chi connectivity index (χ4v) is 6.53. The zero-order valence-corrected chi connectivity index (χ0v) is 24.6. The van der Waals surface area contributed by atoms with Gasteiger partial charge in [0.15, 0.2) is 0 Å². The number of hydrogen-bond acceptors (Lipinski definition) is 9. The van der Waals surface area contributed by atoms with Gasteiger partial charge in [-0.1, -0.05) is 42.5 Å². The molecule has 2 unspecified atom stereocenters. The number of amides is 3. The second kappa shape index (κ2) is 11.2. The number of carbonyl (C=O) groups is 4. The number of carboxylic acids is 1. The molecule has 2 N–H and O–H groups in total. The number of nitrogens with zero attached hydrogens (tertiary/aromatic N) is 2. The Morgan fingerprint density at radius 3 is 2.38 bits per heavy atom. The summed E-state index contributed by atoms with van der Waals surface area (Å²) >= 11 is 1.23. The minimum absolute atomic E-state index is 0. The molecule has 5 rings (SSSR count). The van der Waals surface area contributed by atoms with E-state index < -0.39 is 69.8 Å². The van der Waals surface area contributed by atoms with Gasteiger partial charge in [0.05, 0.1) is 17.4 Å². The molecule has 2 aromatic carbocycles. The summed E-state index contributed by atoms with van der Waals surface area (Å²) in [5, 5.41) is 16.3. The Balaban J connectivity index is 0.00000370. The predicted octanol–water partition coefficient (Wildman–Crippen LogP) is -3.89. The number of rotatable bonds is 7. The van der Waals surface area contributed by atoms with Gasteiger partial charge in [0.2, 0.25) is 17.7 Å². The van der Waals surface area contributed by atoms with E-state index in [0.717, 1.165) is 0 Å². The quantitative estimate of drug-likeness (QED) is 0.212. The molecule has 12 nitrogen and oxygen atoms in total. The van der Waals surface area contributed by atoms with Crippen molar-refractivity contribution < 1.29 is 58.3 Å². The number of para-hydroxylation sites is 1. The van der Waals surface area contributed by atoms with Crippen LogP contribution in [0.4, 0.5) is 0 Å². The second-order valence-electron chi connectivity index (χ2n) is 9.73. The SMILES string of the molecule is CC1(C)SC2[C@H](NC(=O)[C@H](NC(=O)Cn3c(=O)oc4ccccc4c3=O)c3ccccc3)C(=O)N2C1C(=O)[O-].[Na+]. The van der Waals surface area contributed by atoms with E-state index in [1.54, 1.807) is 56.3 Å². The Labute approximate surface area is 253 Å². The molecule has 2 fully saturated rings. The zero-order chi connectivity index (χ0) is 28.1. The van der Waals surface area contributed by atoms with E-state index in [-0.39, 0.29) is 40.5 Å². The molecule has 0 bridgehead atoms. The van der Waals surface area contributed by atoms with Crippen LogP contribution in [-0.4, -0.2) is 55.4 Å². The molecular formula is C26H23N4NaO8S. The monoisotopic (exact) mass is 574 g/mol. The van der Waals surface area contributed by atoms with Crippen LogP contribution in [0.15, 0.2) is 68.6 Å². The Bertz CT molecular complexity index is 1620. The van der Waals surface area contributed by atoms with Gasteiger partial charge in [-0.25, -0.2) is 9.36 Å². The third kappa shape index (κ3) is 5.21. The van der Waals surface area contributed by atoms with E-state index in [4.69, 9.17) is 4.42 Å². The van der Waals surface area contributed by atoms with Crippen LogP contribution in [0.5, 0.6) is 0 Å². The van der Waals surface area contributed by atoms with Crippen molar-refractivity contribution >= 4 is 46.4 Å². The molecule has 4 atom stereocenters. The molecule has 0 radical (unpaired) electrons. The molecule has 14 heteroatoms. The third-order valence-electron chi connectivity index (χ3n) is 6.74. The smallest absolute Gasteiger partial charge is 0.548 e. The van der Waals surface area contributed by atoms with Gasteiger partial charge in [-0.15, -0.1) is 11.8 Å². The molecule has 0 spiro atoms. The molecule has 2 saturated heterocycles. The van der Waals surface area contributed by atoms with Crippen molar-refractivity contribution in [1.29, 1.82) is 0 Å². The standard InChI is InChI=1S/C26H24N4O8S.Na/c1-26(2)19(24(35)36)30-22(34)18(23(30)39-26)28-20(32)17(13-8-4-3-5-9-13)27-16(31)12-29-21(33)14-10-6-7-11-15(14)38-25(29)37;/h3-11,17-19,23H,12H2,1-2H3,(H,27,31)(H,28,32)(H,35,36);/q;+1/p-1/t17-,18-,19?,23?;/m1./s1. The van der Waals surface area contributed by atoms with E-state index in [2.05, 4.69) is 10.6 Å². The average Bonchev–Trinajstić information content (AvgIpc) is 3.16. The summed E-state index contributed by atoms with van der Waals surface area (Å²) in [5.74, 6) is -4.52. The average molecular weight is 575 g/mol. The summed E-state index contributed by atoms with van der Waals surface area (Å²) in [6.45, 7) is 2.65. The van der Waals surface area contributed by atoms with Crippen LogP contribution in [-0.2, 0) is 25.7 Å². The van der Waals surface area contributed by atoms with Crippen LogP contribution in [0.3, 0.4) is 0 Å². The molecule has 3 aromatic rings. The summed E-state index contributed by atoms with van der Waals surface area (Å²) in [5.41, 5.74) is -0.253. The minimum atomic E-state index is -1.38. The first-order valence-corrected chi connectivity index (χ1v) is 12.9. The first-order chi connectivity index (χ1) is 18.5. The normalized spacial score (nSPS) is 21.5. The van der Waals surface area contributed by atoms with Crippen LogP contribution < -0.4 is 56.6 Å².